The largest absolute Gasteiger partial charge is 0.278 e. The molecule has 1 heterocycles. The van der Waals surface area contributed by atoms with Crippen LogP contribution in [0.15, 0.2) is 29.4 Å². The fourth-order valence-corrected chi connectivity index (χ4v) is 1.60. The monoisotopic (exact) mass is 244 g/mol. The Balaban J connectivity index is 2.36. The summed E-state index contributed by atoms with van der Waals surface area (Å²) >= 11 is 5.85. The molecule has 0 radical (unpaired) electrons. The van der Waals surface area contributed by atoms with E-state index in [0.717, 1.165) is 5.01 Å². The van der Waals surface area contributed by atoms with Crippen molar-refractivity contribution in [1.29, 1.82) is 0 Å². The highest BCUT2D eigenvalue weighted by Gasteiger charge is 2.30. The SMILES string of the molecule is O=C1CC(C(F)F)=NN1c1ccccc1Cl. The molecule has 1 aromatic rings. The standard InChI is InChI=1S/C10H7ClF2N2O/c11-6-3-1-2-4-8(6)15-9(16)5-7(14-15)10(12)13/h1-4,10H,5H2. The predicted molar refractivity (Wildman–Crippen MR) is 57.0 cm³/mol. The number of hydrogen-bond donors (Lipinski definition) is 0. The molecule has 0 fully saturated rings. The van der Waals surface area contributed by atoms with Gasteiger partial charge in [0, 0.05) is 0 Å². The van der Waals surface area contributed by atoms with Crippen LogP contribution in [0.3, 0.4) is 0 Å². The van der Waals surface area contributed by atoms with Gasteiger partial charge in [-0.15, -0.1) is 0 Å². The highest BCUT2D eigenvalue weighted by molar-refractivity contribution is 6.34. The molecule has 1 aliphatic rings. The van der Waals surface area contributed by atoms with Crippen molar-refractivity contribution in [2.24, 2.45) is 5.10 Å². The van der Waals surface area contributed by atoms with Crippen LogP contribution in [0.2, 0.25) is 5.02 Å². The normalized spacial score (nSPS) is 15.9. The Bertz CT molecular complexity index is 462. The number of para-hydroxylation sites is 1. The molecule has 0 N–H and O–H groups in total. The van der Waals surface area contributed by atoms with E-state index in [1.807, 2.05) is 0 Å². The number of hydrogen-bond acceptors (Lipinski definition) is 2. The van der Waals surface area contributed by atoms with Gasteiger partial charge in [0.2, 0.25) is 0 Å². The summed E-state index contributed by atoms with van der Waals surface area (Å²) in [5, 5.41) is 4.79. The van der Waals surface area contributed by atoms with Crippen LogP contribution in [-0.4, -0.2) is 18.0 Å². The second-order valence-corrected chi connectivity index (χ2v) is 3.63. The third-order valence-electron chi connectivity index (χ3n) is 2.13. The van der Waals surface area contributed by atoms with E-state index in [-0.39, 0.29) is 6.42 Å². The van der Waals surface area contributed by atoms with E-state index in [0.29, 0.717) is 10.7 Å². The van der Waals surface area contributed by atoms with Gasteiger partial charge in [-0.25, -0.2) is 8.78 Å². The molecule has 0 aliphatic carbocycles. The van der Waals surface area contributed by atoms with Crippen LogP contribution in [0.25, 0.3) is 0 Å². The second kappa shape index (κ2) is 4.17. The van der Waals surface area contributed by atoms with Crippen molar-refractivity contribution in [1.82, 2.24) is 0 Å². The highest BCUT2D eigenvalue weighted by Crippen LogP contribution is 2.29. The summed E-state index contributed by atoms with van der Waals surface area (Å²) in [5.74, 6) is -0.497. The lowest BCUT2D eigenvalue weighted by molar-refractivity contribution is -0.117. The topological polar surface area (TPSA) is 32.7 Å². The molecule has 0 spiro atoms. The fraction of sp³-hybridized carbons (Fsp3) is 0.200. The van der Waals surface area contributed by atoms with E-state index in [9.17, 15) is 13.6 Å². The Morgan fingerprint density at radius 2 is 2.06 bits per heavy atom. The molecule has 0 aromatic heterocycles. The Hall–Kier alpha value is -1.49. The van der Waals surface area contributed by atoms with Gasteiger partial charge in [0.05, 0.1) is 17.1 Å². The molecule has 6 heteroatoms. The van der Waals surface area contributed by atoms with Crippen LogP contribution in [0.1, 0.15) is 6.42 Å². The molecule has 1 aliphatic heterocycles. The number of carbonyl (C=O) groups excluding carboxylic acids is 1. The average molecular weight is 245 g/mol. The zero-order valence-corrected chi connectivity index (χ0v) is 8.79. The van der Waals surface area contributed by atoms with E-state index in [2.05, 4.69) is 5.10 Å². The van der Waals surface area contributed by atoms with Gasteiger partial charge in [-0.1, -0.05) is 23.7 Å². The summed E-state index contributed by atoms with van der Waals surface area (Å²) < 4.78 is 24.7. The first kappa shape index (κ1) is 11.0. The van der Waals surface area contributed by atoms with Gasteiger partial charge in [-0.2, -0.15) is 10.1 Å². The molecule has 1 aromatic carbocycles. The predicted octanol–water partition coefficient (Wildman–Crippen LogP) is 2.70. The van der Waals surface area contributed by atoms with Crippen LogP contribution in [-0.2, 0) is 4.79 Å². The van der Waals surface area contributed by atoms with Gasteiger partial charge >= 0.3 is 0 Å². The number of benzene rings is 1. The lowest BCUT2D eigenvalue weighted by Gasteiger charge is -2.12. The van der Waals surface area contributed by atoms with Crippen LogP contribution in [0.5, 0.6) is 0 Å². The second-order valence-electron chi connectivity index (χ2n) is 3.23. The maximum atomic E-state index is 12.4. The molecule has 0 bridgehead atoms. The molecule has 1 amide bonds. The maximum Gasteiger partial charge on any atom is 0.278 e. The molecule has 84 valence electrons. The number of nitrogens with zero attached hydrogens (tertiary/aromatic N) is 2. The minimum absolute atomic E-state index is 0.301. The van der Waals surface area contributed by atoms with Crippen molar-refractivity contribution >= 4 is 28.9 Å². The smallest absolute Gasteiger partial charge is 0.272 e. The third-order valence-corrected chi connectivity index (χ3v) is 2.45. The van der Waals surface area contributed by atoms with Crippen LogP contribution < -0.4 is 5.01 Å². The molecular formula is C10H7ClF2N2O. The molecule has 0 saturated heterocycles. The summed E-state index contributed by atoms with van der Waals surface area (Å²) in [7, 11) is 0. The van der Waals surface area contributed by atoms with Gasteiger partial charge in [0.15, 0.2) is 0 Å². The van der Waals surface area contributed by atoms with Gasteiger partial charge in [0.1, 0.15) is 5.71 Å². The molecule has 0 unspecified atom stereocenters. The number of alkyl halides is 2. The number of anilines is 1. The molecule has 2 rings (SSSR count). The van der Waals surface area contributed by atoms with E-state index < -0.39 is 18.0 Å². The maximum absolute atomic E-state index is 12.4. The Labute approximate surface area is 95.3 Å². The lowest BCUT2D eigenvalue weighted by Crippen LogP contribution is -2.19. The number of carbonyl (C=O) groups is 1. The van der Waals surface area contributed by atoms with Crippen molar-refractivity contribution in [3.8, 4) is 0 Å². The fourth-order valence-electron chi connectivity index (χ4n) is 1.38. The average Bonchev–Trinajstić information content (AvgIpc) is 2.61. The quantitative estimate of drug-likeness (QED) is 0.787. The first-order chi connectivity index (χ1) is 7.59. The van der Waals surface area contributed by atoms with Crippen molar-refractivity contribution in [2.75, 3.05) is 5.01 Å². The van der Waals surface area contributed by atoms with Crippen LogP contribution >= 0.6 is 11.6 Å². The molecular weight excluding hydrogens is 238 g/mol. The van der Waals surface area contributed by atoms with Gasteiger partial charge in [-0.05, 0) is 12.1 Å². The van der Waals surface area contributed by atoms with Crippen molar-refractivity contribution < 1.29 is 13.6 Å². The van der Waals surface area contributed by atoms with E-state index in [1.54, 1.807) is 24.3 Å². The summed E-state index contributed by atoms with van der Waals surface area (Å²) in [6.45, 7) is 0. The zero-order chi connectivity index (χ0) is 11.7. The molecule has 3 nitrogen and oxygen atoms in total. The van der Waals surface area contributed by atoms with Crippen molar-refractivity contribution in [2.45, 2.75) is 12.8 Å². The highest BCUT2D eigenvalue weighted by atomic mass is 35.5. The van der Waals surface area contributed by atoms with Gasteiger partial charge < -0.3 is 0 Å². The number of hydrazone groups is 1. The zero-order valence-electron chi connectivity index (χ0n) is 8.03. The van der Waals surface area contributed by atoms with Crippen molar-refractivity contribution in [3.63, 3.8) is 0 Å². The third kappa shape index (κ3) is 1.90. The summed E-state index contributed by atoms with van der Waals surface area (Å²) in [6, 6.07) is 6.46. The van der Waals surface area contributed by atoms with Crippen LogP contribution in [0, 0.1) is 0 Å². The lowest BCUT2D eigenvalue weighted by atomic mass is 10.2. The van der Waals surface area contributed by atoms with E-state index >= 15 is 0 Å². The number of amides is 1. The summed E-state index contributed by atoms with van der Waals surface area (Å²) in [4.78, 5) is 11.5. The Morgan fingerprint density at radius 1 is 1.38 bits per heavy atom. The minimum Gasteiger partial charge on any atom is -0.272 e. The first-order valence-electron chi connectivity index (χ1n) is 4.52. The van der Waals surface area contributed by atoms with Gasteiger partial charge in [0.25, 0.3) is 12.3 Å². The van der Waals surface area contributed by atoms with E-state index in [1.165, 1.54) is 0 Å². The minimum atomic E-state index is -2.71. The number of halogens is 3. The molecule has 0 atom stereocenters. The molecule has 16 heavy (non-hydrogen) atoms. The van der Waals surface area contributed by atoms with Crippen molar-refractivity contribution in [3.05, 3.63) is 29.3 Å². The summed E-state index contributed by atoms with van der Waals surface area (Å²) in [6.07, 6.45) is -3.07. The van der Waals surface area contributed by atoms with E-state index in [4.69, 9.17) is 11.6 Å². The Morgan fingerprint density at radius 3 is 2.62 bits per heavy atom. The van der Waals surface area contributed by atoms with Gasteiger partial charge in [-0.3, -0.25) is 4.79 Å². The van der Waals surface area contributed by atoms with Crippen LogP contribution in [0.4, 0.5) is 14.5 Å². The first-order valence-corrected chi connectivity index (χ1v) is 4.90. The summed E-state index contributed by atoms with van der Waals surface area (Å²) in [5.41, 5.74) is -0.102. The number of rotatable bonds is 2. The molecule has 0 saturated carbocycles. The Kier molecular flexibility index (Phi) is 2.87.